The first-order chi connectivity index (χ1) is 13.2. The first kappa shape index (κ1) is 17.1. The van der Waals surface area contributed by atoms with Crippen molar-refractivity contribution >= 4 is 22.4 Å². The van der Waals surface area contributed by atoms with Gasteiger partial charge in [0.1, 0.15) is 5.76 Å². The Balaban J connectivity index is 1.44. The van der Waals surface area contributed by atoms with Crippen molar-refractivity contribution in [2.45, 2.75) is 13.3 Å². The van der Waals surface area contributed by atoms with Crippen LogP contribution in [0.5, 0.6) is 0 Å². The molecule has 7 heteroatoms. The molecule has 0 aliphatic heterocycles. The number of hydrogen-bond donors (Lipinski definition) is 1. The summed E-state index contributed by atoms with van der Waals surface area (Å²) in [7, 11) is 0. The second kappa shape index (κ2) is 7.51. The van der Waals surface area contributed by atoms with Crippen molar-refractivity contribution in [3.63, 3.8) is 0 Å². The van der Waals surface area contributed by atoms with Gasteiger partial charge in [0.25, 0.3) is 0 Å². The lowest BCUT2D eigenvalue weighted by molar-refractivity contribution is -0.115. The lowest BCUT2D eigenvalue weighted by Gasteiger charge is -2.00. The van der Waals surface area contributed by atoms with E-state index in [1.807, 2.05) is 54.8 Å². The molecule has 0 saturated heterocycles. The lowest BCUT2D eigenvalue weighted by atomic mass is 10.2. The lowest BCUT2D eigenvalue weighted by Crippen LogP contribution is -2.15. The van der Waals surface area contributed by atoms with Crippen LogP contribution in [0.4, 0.5) is 5.13 Å². The van der Waals surface area contributed by atoms with E-state index in [2.05, 4.69) is 20.3 Å². The zero-order valence-electron chi connectivity index (χ0n) is 14.5. The standard InChI is InChI=1S/C20H16N4O2S/c1-13-16(22-19(26-13)14-6-3-2-4-7-14)10-18(25)24-20-23-17(12-27-20)15-8-5-9-21-11-15/h2-9,11-12H,10H2,1H3,(H,23,24,25). The van der Waals surface area contributed by atoms with Gasteiger partial charge in [0.15, 0.2) is 5.13 Å². The second-order valence-corrected chi connectivity index (χ2v) is 6.75. The van der Waals surface area contributed by atoms with Crippen LogP contribution in [-0.2, 0) is 11.2 Å². The van der Waals surface area contributed by atoms with Crippen molar-refractivity contribution in [2.75, 3.05) is 5.32 Å². The number of benzene rings is 1. The minimum Gasteiger partial charge on any atom is -0.441 e. The van der Waals surface area contributed by atoms with Gasteiger partial charge in [-0.2, -0.15) is 0 Å². The summed E-state index contributed by atoms with van der Waals surface area (Å²) in [4.78, 5) is 25.4. The molecule has 0 saturated carbocycles. The molecule has 4 aromatic rings. The summed E-state index contributed by atoms with van der Waals surface area (Å²) in [5.41, 5.74) is 3.20. The molecule has 0 spiro atoms. The van der Waals surface area contributed by atoms with Crippen molar-refractivity contribution in [2.24, 2.45) is 0 Å². The highest BCUT2D eigenvalue weighted by Crippen LogP contribution is 2.25. The van der Waals surface area contributed by atoms with E-state index < -0.39 is 0 Å². The number of pyridine rings is 1. The highest BCUT2D eigenvalue weighted by atomic mass is 32.1. The monoisotopic (exact) mass is 376 g/mol. The Morgan fingerprint density at radius 1 is 1.11 bits per heavy atom. The van der Waals surface area contributed by atoms with Crippen molar-refractivity contribution in [3.05, 3.63) is 71.7 Å². The largest absolute Gasteiger partial charge is 0.441 e. The van der Waals surface area contributed by atoms with E-state index in [9.17, 15) is 4.79 Å². The molecule has 27 heavy (non-hydrogen) atoms. The third-order valence-corrected chi connectivity index (χ3v) is 4.71. The SMILES string of the molecule is Cc1oc(-c2ccccc2)nc1CC(=O)Nc1nc(-c2cccnc2)cs1. The van der Waals surface area contributed by atoms with Crippen LogP contribution >= 0.6 is 11.3 Å². The highest BCUT2D eigenvalue weighted by molar-refractivity contribution is 7.14. The van der Waals surface area contributed by atoms with Crippen LogP contribution in [0.3, 0.4) is 0 Å². The van der Waals surface area contributed by atoms with Crippen LogP contribution in [0.1, 0.15) is 11.5 Å². The molecule has 1 aromatic carbocycles. The average molecular weight is 376 g/mol. The van der Waals surface area contributed by atoms with Crippen molar-refractivity contribution in [3.8, 4) is 22.7 Å². The Labute approximate surface area is 160 Å². The summed E-state index contributed by atoms with van der Waals surface area (Å²) in [5.74, 6) is 0.973. The molecule has 0 radical (unpaired) electrons. The minimum absolute atomic E-state index is 0.129. The van der Waals surface area contributed by atoms with Crippen LogP contribution < -0.4 is 5.32 Å². The fourth-order valence-corrected chi connectivity index (χ4v) is 3.33. The van der Waals surface area contributed by atoms with E-state index in [1.54, 1.807) is 12.4 Å². The molecule has 1 amide bonds. The number of aryl methyl sites for hydroxylation is 1. The predicted octanol–water partition coefficient (Wildman–Crippen LogP) is 4.35. The fourth-order valence-electron chi connectivity index (χ4n) is 2.59. The average Bonchev–Trinajstić information content (AvgIpc) is 3.30. The molecule has 134 valence electrons. The zero-order valence-corrected chi connectivity index (χ0v) is 15.4. The molecule has 0 bridgehead atoms. The van der Waals surface area contributed by atoms with Gasteiger partial charge in [-0.15, -0.1) is 11.3 Å². The number of oxazole rings is 1. The normalized spacial score (nSPS) is 10.7. The number of carbonyl (C=O) groups is 1. The maximum absolute atomic E-state index is 12.4. The predicted molar refractivity (Wildman–Crippen MR) is 104 cm³/mol. The summed E-state index contributed by atoms with van der Waals surface area (Å²) in [6.45, 7) is 1.81. The number of thiazole rings is 1. The van der Waals surface area contributed by atoms with Crippen LogP contribution in [0, 0.1) is 6.92 Å². The summed E-state index contributed by atoms with van der Waals surface area (Å²) >= 11 is 1.37. The van der Waals surface area contributed by atoms with Crippen LogP contribution in [-0.4, -0.2) is 20.9 Å². The number of carbonyl (C=O) groups excluding carboxylic acids is 1. The van der Waals surface area contributed by atoms with E-state index in [4.69, 9.17) is 4.42 Å². The Morgan fingerprint density at radius 3 is 2.70 bits per heavy atom. The number of nitrogens with zero attached hydrogens (tertiary/aromatic N) is 3. The van der Waals surface area contributed by atoms with Gasteiger partial charge in [-0.3, -0.25) is 9.78 Å². The highest BCUT2D eigenvalue weighted by Gasteiger charge is 2.16. The summed E-state index contributed by atoms with van der Waals surface area (Å²) in [6.07, 6.45) is 3.58. The zero-order chi connectivity index (χ0) is 18.6. The molecule has 0 atom stereocenters. The van der Waals surface area contributed by atoms with Gasteiger partial charge in [0.2, 0.25) is 11.8 Å². The van der Waals surface area contributed by atoms with Crippen molar-refractivity contribution < 1.29 is 9.21 Å². The van der Waals surface area contributed by atoms with Gasteiger partial charge >= 0.3 is 0 Å². The number of nitrogens with one attached hydrogen (secondary N) is 1. The van der Waals surface area contributed by atoms with E-state index in [-0.39, 0.29) is 12.3 Å². The third kappa shape index (κ3) is 3.93. The molecule has 4 rings (SSSR count). The molecule has 0 fully saturated rings. The number of hydrogen-bond acceptors (Lipinski definition) is 6. The quantitative estimate of drug-likeness (QED) is 0.560. The van der Waals surface area contributed by atoms with E-state index >= 15 is 0 Å². The van der Waals surface area contributed by atoms with Gasteiger partial charge in [0.05, 0.1) is 17.8 Å². The van der Waals surface area contributed by atoms with Crippen molar-refractivity contribution in [1.29, 1.82) is 0 Å². The molecule has 6 nitrogen and oxygen atoms in total. The summed E-state index contributed by atoms with van der Waals surface area (Å²) in [6, 6.07) is 13.4. The van der Waals surface area contributed by atoms with Gasteiger partial charge in [0, 0.05) is 28.9 Å². The second-order valence-electron chi connectivity index (χ2n) is 5.89. The smallest absolute Gasteiger partial charge is 0.232 e. The van der Waals surface area contributed by atoms with E-state index in [1.165, 1.54) is 11.3 Å². The third-order valence-electron chi connectivity index (χ3n) is 3.95. The topological polar surface area (TPSA) is 80.9 Å². The minimum atomic E-state index is -0.182. The Morgan fingerprint density at radius 2 is 1.93 bits per heavy atom. The van der Waals surface area contributed by atoms with Crippen LogP contribution in [0.15, 0.2) is 64.7 Å². The molecule has 3 heterocycles. The molecular formula is C20H16N4O2S. The maximum Gasteiger partial charge on any atom is 0.232 e. The molecule has 3 aromatic heterocycles. The molecular weight excluding hydrogens is 360 g/mol. The summed E-state index contributed by atoms with van der Waals surface area (Å²) < 4.78 is 5.70. The molecule has 1 N–H and O–H groups in total. The summed E-state index contributed by atoms with van der Waals surface area (Å²) in [5, 5.41) is 5.26. The van der Waals surface area contributed by atoms with E-state index in [0.29, 0.717) is 22.5 Å². The first-order valence-electron chi connectivity index (χ1n) is 8.36. The Kier molecular flexibility index (Phi) is 4.76. The van der Waals surface area contributed by atoms with Gasteiger partial charge in [-0.25, -0.2) is 9.97 Å². The van der Waals surface area contributed by atoms with Crippen LogP contribution in [0.2, 0.25) is 0 Å². The number of rotatable bonds is 5. The van der Waals surface area contributed by atoms with Gasteiger partial charge in [-0.1, -0.05) is 18.2 Å². The van der Waals surface area contributed by atoms with Gasteiger partial charge in [-0.05, 0) is 31.2 Å². The Bertz CT molecular complexity index is 1060. The first-order valence-corrected chi connectivity index (χ1v) is 9.24. The molecule has 0 unspecified atom stereocenters. The van der Waals surface area contributed by atoms with E-state index in [0.717, 1.165) is 16.8 Å². The number of amides is 1. The van der Waals surface area contributed by atoms with Crippen LogP contribution in [0.25, 0.3) is 22.7 Å². The fraction of sp³-hybridized carbons (Fsp3) is 0.100. The Hall–Kier alpha value is -3.32. The number of anilines is 1. The van der Waals surface area contributed by atoms with Gasteiger partial charge < -0.3 is 9.73 Å². The van der Waals surface area contributed by atoms with Crippen molar-refractivity contribution in [1.82, 2.24) is 15.0 Å². The molecule has 0 aliphatic carbocycles. The number of aromatic nitrogens is 3. The maximum atomic E-state index is 12.4. The molecule has 0 aliphatic rings.